The van der Waals surface area contributed by atoms with Crippen LogP contribution in [0, 0.1) is 0 Å². The van der Waals surface area contributed by atoms with Crippen molar-refractivity contribution in [3.63, 3.8) is 0 Å². The molecule has 0 saturated heterocycles. The summed E-state index contributed by atoms with van der Waals surface area (Å²) < 4.78 is 48.5. The number of hydrogen-bond donors (Lipinski definition) is 2. The third kappa shape index (κ3) is 6.84. The molecule has 2 atom stereocenters. The number of benzene rings is 2. The molecule has 32 heavy (non-hydrogen) atoms. The van der Waals surface area contributed by atoms with E-state index in [1.165, 1.54) is 45.4 Å². The molecule has 0 heterocycles. The van der Waals surface area contributed by atoms with E-state index in [1.807, 2.05) is 6.07 Å². The smallest absolute Gasteiger partial charge is 0.241 e. The van der Waals surface area contributed by atoms with Crippen LogP contribution >= 0.6 is 0 Å². The number of nitrogens with one attached hydrogen (secondary N) is 2. The molecule has 0 aliphatic carbocycles. The van der Waals surface area contributed by atoms with Crippen LogP contribution in [0.3, 0.4) is 0 Å². The topological polar surface area (TPSA) is 112 Å². The Hall–Kier alpha value is -2.82. The number of rotatable bonds is 12. The number of ether oxygens (including phenoxy) is 4. The molecule has 0 bridgehead atoms. The zero-order valence-corrected chi connectivity index (χ0v) is 19.7. The van der Waals surface area contributed by atoms with Gasteiger partial charge in [-0.2, -0.15) is 4.72 Å². The third-order valence-corrected chi connectivity index (χ3v) is 6.24. The molecule has 2 aromatic rings. The van der Waals surface area contributed by atoms with E-state index in [0.29, 0.717) is 30.5 Å². The summed E-state index contributed by atoms with van der Waals surface area (Å²) in [4.78, 5) is 12.6. The lowest BCUT2D eigenvalue weighted by atomic mass is 10.1. The maximum atomic E-state index is 12.6. The van der Waals surface area contributed by atoms with Crippen molar-refractivity contribution in [2.75, 3.05) is 34.5 Å². The van der Waals surface area contributed by atoms with E-state index in [-0.39, 0.29) is 4.90 Å². The Morgan fingerprint density at radius 3 is 2.22 bits per heavy atom. The Morgan fingerprint density at radius 1 is 0.938 bits per heavy atom. The van der Waals surface area contributed by atoms with Gasteiger partial charge in [0.1, 0.15) is 12.4 Å². The summed E-state index contributed by atoms with van der Waals surface area (Å²) in [5.41, 5.74) is 0.777. The van der Waals surface area contributed by atoms with Crippen molar-refractivity contribution < 1.29 is 32.2 Å². The lowest BCUT2D eigenvalue weighted by Crippen LogP contribution is -2.45. The minimum Gasteiger partial charge on any atom is -0.497 e. The summed E-state index contributed by atoms with van der Waals surface area (Å²) in [6.07, 6.45) is 0. The SMILES string of the molecule is COCCOc1ccc(C(C)NC(=O)[C@H](C)NS(=O)(=O)c2ccc(OC)cc2)cc1OC. The molecule has 2 rings (SSSR count). The quantitative estimate of drug-likeness (QED) is 0.462. The summed E-state index contributed by atoms with van der Waals surface area (Å²) in [5.74, 6) is 1.16. The molecule has 0 saturated carbocycles. The largest absolute Gasteiger partial charge is 0.497 e. The van der Waals surface area contributed by atoms with E-state index < -0.39 is 28.0 Å². The summed E-state index contributed by atoms with van der Waals surface area (Å²) >= 11 is 0. The van der Waals surface area contributed by atoms with Crippen LogP contribution in [0.4, 0.5) is 0 Å². The van der Waals surface area contributed by atoms with Crippen molar-refractivity contribution in [3.05, 3.63) is 48.0 Å². The van der Waals surface area contributed by atoms with Gasteiger partial charge in [-0.25, -0.2) is 8.42 Å². The Labute approximate surface area is 189 Å². The molecule has 0 spiro atoms. The fraction of sp³-hybridized carbons (Fsp3) is 0.409. The Bertz CT molecular complexity index is 994. The predicted molar refractivity (Wildman–Crippen MR) is 120 cm³/mol. The molecule has 2 aromatic carbocycles. The second kappa shape index (κ2) is 11.7. The molecule has 0 aliphatic heterocycles. The van der Waals surface area contributed by atoms with Crippen molar-refractivity contribution in [1.82, 2.24) is 10.0 Å². The van der Waals surface area contributed by atoms with E-state index >= 15 is 0 Å². The van der Waals surface area contributed by atoms with Crippen molar-refractivity contribution in [2.45, 2.75) is 30.8 Å². The molecular formula is C22H30N2O7S. The molecule has 0 aromatic heterocycles. The average molecular weight is 467 g/mol. The lowest BCUT2D eigenvalue weighted by Gasteiger charge is -2.20. The van der Waals surface area contributed by atoms with E-state index in [4.69, 9.17) is 18.9 Å². The van der Waals surface area contributed by atoms with Crippen LogP contribution < -0.4 is 24.2 Å². The van der Waals surface area contributed by atoms with Crippen LogP contribution in [-0.4, -0.2) is 54.9 Å². The second-order valence-electron chi connectivity index (χ2n) is 7.00. The molecule has 0 radical (unpaired) electrons. The van der Waals surface area contributed by atoms with Gasteiger partial charge < -0.3 is 24.3 Å². The highest BCUT2D eigenvalue weighted by Gasteiger charge is 2.23. The predicted octanol–water partition coefficient (Wildman–Crippen LogP) is 2.27. The number of sulfonamides is 1. The van der Waals surface area contributed by atoms with E-state index in [9.17, 15) is 13.2 Å². The van der Waals surface area contributed by atoms with Gasteiger partial charge in [-0.05, 0) is 55.8 Å². The monoisotopic (exact) mass is 466 g/mol. The van der Waals surface area contributed by atoms with Crippen molar-refractivity contribution >= 4 is 15.9 Å². The number of methoxy groups -OCH3 is 3. The van der Waals surface area contributed by atoms with Gasteiger partial charge in [0.2, 0.25) is 15.9 Å². The maximum absolute atomic E-state index is 12.6. The van der Waals surface area contributed by atoms with E-state index in [2.05, 4.69) is 10.0 Å². The first-order chi connectivity index (χ1) is 15.2. The van der Waals surface area contributed by atoms with Crippen LogP contribution in [-0.2, 0) is 19.6 Å². The molecule has 0 fully saturated rings. The van der Waals surface area contributed by atoms with Crippen LogP contribution in [0.2, 0.25) is 0 Å². The van der Waals surface area contributed by atoms with Crippen molar-refractivity contribution in [3.8, 4) is 17.2 Å². The number of carbonyl (C=O) groups is 1. The molecule has 176 valence electrons. The molecular weight excluding hydrogens is 436 g/mol. The zero-order valence-electron chi connectivity index (χ0n) is 18.9. The van der Waals surface area contributed by atoms with Gasteiger partial charge in [0.25, 0.3) is 0 Å². The first-order valence-corrected chi connectivity index (χ1v) is 11.5. The molecule has 1 amide bonds. The van der Waals surface area contributed by atoms with Gasteiger partial charge in [-0.1, -0.05) is 6.07 Å². The minimum absolute atomic E-state index is 0.0415. The number of carbonyl (C=O) groups excluding carboxylic acids is 1. The first-order valence-electron chi connectivity index (χ1n) is 9.98. The number of hydrogen-bond acceptors (Lipinski definition) is 7. The fourth-order valence-corrected chi connectivity index (χ4v) is 4.04. The van der Waals surface area contributed by atoms with E-state index in [0.717, 1.165) is 5.56 Å². The van der Waals surface area contributed by atoms with Gasteiger partial charge in [0.05, 0.1) is 37.8 Å². The highest BCUT2D eigenvalue weighted by Crippen LogP contribution is 2.30. The first kappa shape index (κ1) is 25.4. The van der Waals surface area contributed by atoms with Crippen LogP contribution in [0.5, 0.6) is 17.2 Å². The van der Waals surface area contributed by atoms with Gasteiger partial charge in [0, 0.05) is 7.11 Å². The minimum atomic E-state index is -3.87. The van der Waals surface area contributed by atoms with Crippen LogP contribution in [0.25, 0.3) is 0 Å². The van der Waals surface area contributed by atoms with Crippen LogP contribution in [0.1, 0.15) is 25.5 Å². The summed E-state index contributed by atoms with van der Waals surface area (Å²) in [6, 6.07) is 9.85. The molecule has 9 nitrogen and oxygen atoms in total. The third-order valence-electron chi connectivity index (χ3n) is 4.69. The number of amides is 1. The van der Waals surface area contributed by atoms with Crippen molar-refractivity contribution in [2.24, 2.45) is 0 Å². The zero-order chi connectivity index (χ0) is 23.7. The summed E-state index contributed by atoms with van der Waals surface area (Å²) in [6.45, 7) is 4.10. The standard InChI is InChI=1S/C22H30N2O7S/c1-15(17-6-11-20(21(14-17)30-5)31-13-12-28-3)23-22(25)16(2)24-32(26,27)19-9-7-18(29-4)8-10-19/h6-11,14-16,24H,12-13H2,1-5H3,(H,23,25)/t15?,16-/m0/s1. The van der Waals surface area contributed by atoms with E-state index in [1.54, 1.807) is 26.2 Å². The summed E-state index contributed by atoms with van der Waals surface area (Å²) in [7, 11) is 0.741. The molecule has 0 aliphatic rings. The molecule has 10 heteroatoms. The average Bonchev–Trinajstić information content (AvgIpc) is 2.78. The molecule has 1 unspecified atom stereocenters. The van der Waals surface area contributed by atoms with Gasteiger partial charge in [-0.15, -0.1) is 0 Å². The van der Waals surface area contributed by atoms with Crippen LogP contribution in [0.15, 0.2) is 47.4 Å². The summed E-state index contributed by atoms with van der Waals surface area (Å²) in [5, 5.41) is 2.81. The Balaban J connectivity index is 2.02. The Morgan fingerprint density at radius 2 is 1.62 bits per heavy atom. The Kier molecular flexibility index (Phi) is 9.30. The van der Waals surface area contributed by atoms with Gasteiger partial charge in [0.15, 0.2) is 11.5 Å². The molecule has 2 N–H and O–H groups in total. The highest BCUT2D eigenvalue weighted by atomic mass is 32.2. The van der Waals surface area contributed by atoms with Crippen molar-refractivity contribution in [1.29, 1.82) is 0 Å². The lowest BCUT2D eigenvalue weighted by molar-refractivity contribution is -0.123. The highest BCUT2D eigenvalue weighted by molar-refractivity contribution is 7.89. The fourth-order valence-electron chi connectivity index (χ4n) is 2.84. The maximum Gasteiger partial charge on any atom is 0.241 e. The van der Waals surface area contributed by atoms with Gasteiger partial charge >= 0.3 is 0 Å². The second-order valence-corrected chi connectivity index (χ2v) is 8.71. The van der Waals surface area contributed by atoms with Gasteiger partial charge in [-0.3, -0.25) is 4.79 Å². The normalized spacial score (nSPS) is 13.2.